The van der Waals surface area contributed by atoms with Crippen molar-refractivity contribution in [1.29, 1.82) is 0 Å². The number of aryl methyl sites for hydroxylation is 1. The van der Waals surface area contributed by atoms with Gasteiger partial charge in [0.25, 0.3) is 0 Å². The van der Waals surface area contributed by atoms with Crippen LogP contribution >= 0.6 is 0 Å². The minimum atomic E-state index is 0.0392. The second kappa shape index (κ2) is 4.98. The highest BCUT2D eigenvalue weighted by Crippen LogP contribution is 2.16. The molecule has 1 aromatic rings. The summed E-state index contributed by atoms with van der Waals surface area (Å²) in [5.41, 5.74) is 5.51. The van der Waals surface area contributed by atoms with E-state index >= 15 is 0 Å². The number of ether oxygens (including phenoxy) is 1. The summed E-state index contributed by atoms with van der Waals surface area (Å²) in [5.74, 6) is 0.540. The molecule has 0 amide bonds. The van der Waals surface area contributed by atoms with Crippen molar-refractivity contribution < 1.29 is 9.94 Å². The average Bonchev–Trinajstić information content (AvgIpc) is 2.96. The van der Waals surface area contributed by atoms with Crippen LogP contribution in [-0.4, -0.2) is 33.3 Å². The van der Waals surface area contributed by atoms with Crippen molar-refractivity contribution in [2.45, 2.75) is 31.9 Å². The third kappa shape index (κ3) is 2.33. The molecule has 2 rings (SSSR count). The van der Waals surface area contributed by atoms with Crippen LogP contribution in [0.15, 0.2) is 17.5 Å². The highest BCUT2D eigenvalue weighted by atomic mass is 16.5. The van der Waals surface area contributed by atoms with Crippen LogP contribution in [0.1, 0.15) is 25.1 Å². The Morgan fingerprint density at radius 2 is 2.62 bits per heavy atom. The van der Waals surface area contributed by atoms with E-state index in [9.17, 15) is 0 Å². The largest absolute Gasteiger partial charge is 0.409 e. The molecule has 3 N–H and O–H groups in total. The number of hydrogen-bond donors (Lipinski definition) is 2. The van der Waals surface area contributed by atoms with E-state index < -0.39 is 0 Å². The Bertz CT molecular complexity index is 369. The predicted octanol–water partition coefficient (Wildman–Crippen LogP) is 0.547. The van der Waals surface area contributed by atoms with Gasteiger partial charge in [-0.25, -0.2) is 4.98 Å². The van der Waals surface area contributed by atoms with Gasteiger partial charge in [-0.1, -0.05) is 5.16 Å². The lowest BCUT2D eigenvalue weighted by Crippen LogP contribution is -2.20. The molecule has 0 bridgehead atoms. The fourth-order valence-electron chi connectivity index (χ4n) is 1.92. The first-order valence-electron chi connectivity index (χ1n) is 5.42. The van der Waals surface area contributed by atoms with Crippen molar-refractivity contribution in [3.8, 4) is 0 Å². The second-order valence-corrected chi connectivity index (χ2v) is 3.85. The number of oxime groups is 1. The van der Waals surface area contributed by atoms with Gasteiger partial charge >= 0.3 is 0 Å². The van der Waals surface area contributed by atoms with Gasteiger partial charge in [0.15, 0.2) is 5.82 Å². The van der Waals surface area contributed by atoms with Gasteiger partial charge < -0.3 is 20.2 Å². The normalized spacial score (nSPS) is 21.5. The Kier molecular flexibility index (Phi) is 3.40. The lowest BCUT2D eigenvalue weighted by Gasteiger charge is -2.11. The Morgan fingerprint density at radius 1 is 1.75 bits per heavy atom. The van der Waals surface area contributed by atoms with Crippen molar-refractivity contribution in [1.82, 2.24) is 9.55 Å². The van der Waals surface area contributed by atoms with Crippen LogP contribution < -0.4 is 5.73 Å². The van der Waals surface area contributed by atoms with Crippen LogP contribution in [0.3, 0.4) is 0 Å². The van der Waals surface area contributed by atoms with Crippen LogP contribution in [0, 0.1) is 0 Å². The Balaban J connectivity index is 1.96. The smallest absolute Gasteiger partial charge is 0.206 e. The van der Waals surface area contributed by atoms with Gasteiger partial charge in [-0.3, -0.25) is 0 Å². The van der Waals surface area contributed by atoms with Gasteiger partial charge in [-0.2, -0.15) is 0 Å². The molecule has 0 aromatic carbocycles. The lowest BCUT2D eigenvalue weighted by atomic mass is 10.2. The first kappa shape index (κ1) is 10.9. The van der Waals surface area contributed by atoms with E-state index in [1.54, 1.807) is 6.20 Å². The summed E-state index contributed by atoms with van der Waals surface area (Å²) in [7, 11) is 0. The molecule has 1 atom stereocenters. The zero-order valence-electron chi connectivity index (χ0n) is 9.04. The predicted molar refractivity (Wildman–Crippen MR) is 58.3 cm³/mol. The van der Waals surface area contributed by atoms with Crippen LogP contribution in [0.2, 0.25) is 0 Å². The molecule has 1 aromatic heterocycles. The molecular weight excluding hydrogens is 208 g/mol. The van der Waals surface area contributed by atoms with Crippen molar-refractivity contribution in [2.75, 3.05) is 6.61 Å². The third-order valence-corrected chi connectivity index (χ3v) is 2.77. The first-order valence-corrected chi connectivity index (χ1v) is 5.42. The van der Waals surface area contributed by atoms with E-state index in [0.717, 1.165) is 32.4 Å². The SMILES string of the molecule is NC(=NO)c1nccn1CCC1CCCO1. The fourth-order valence-corrected chi connectivity index (χ4v) is 1.92. The number of nitrogens with two attached hydrogens (primary N) is 1. The van der Waals surface area contributed by atoms with Gasteiger partial charge in [0.1, 0.15) is 0 Å². The molecule has 6 heteroatoms. The van der Waals surface area contributed by atoms with E-state index in [1.807, 2.05) is 10.8 Å². The third-order valence-electron chi connectivity index (χ3n) is 2.77. The first-order chi connectivity index (χ1) is 7.81. The Morgan fingerprint density at radius 3 is 3.31 bits per heavy atom. The van der Waals surface area contributed by atoms with E-state index in [0.29, 0.717) is 11.9 Å². The maximum absolute atomic E-state index is 8.60. The molecule has 1 unspecified atom stereocenters. The minimum absolute atomic E-state index is 0.0392. The molecule has 0 spiro atoms. The quantitative estimate of drug-likeness (QED) is 0.338. The number of rotatable bonds is 4. The fraction of sp³-hybridized carbons (Fsp3) is 0.600. The molecule has 88 valence electrons. The zero-order chi connectivity index (χ0) is 11.4. The maximum Gasteiger partial charge on any atom is 0.206 e. The summed E-state index contributed by atoms with van der Waals surface area (Å²) in [6, 6.07) is 0. The Hall–Kier alpha value is -1.56. The number of aromatic nitrogens is 2. The highest BCUT2D eigenvalue weighted by molar-refractivity contribution is 5.93. The lowest BCUT2D eigenvalue weighted by molar-refractivity contribution is 0.100. The summed E-state index contributed by atoms with van der Waals surface area (Å²) >= 11 is 0. The standard InChI is InChI=1S/C10H16N4O2/c11-9(13-15)10-12-4-6-14(10)5-3-8-2-1-7-16-8/h4,6,8,15H,1-3,5,7H2,(H2,11,13). The summed E-state index contributed by atoms with van der Waals surface area (Å²) in [4.78, 5) is 4.04. The summed E-state index contributed by atoms with van der Waals surface area (Å²) in [6.45, 7) is 1.64. The maximum atomic E-state index is 8.60. The number of imidazole rings is 1. The molecule has 1 aliphatic heterocycles. The summed E-state index contributed by atoms with van der Waals surface area (Å²) < 4.78 is 7.41. The van der Waals surface area contributed by atoms with Crippen molar-refractivity contribution in [2.24, 2.45) is 10.9 Å². The molecular formula is C10H16N4O2. The molecule has 1 saturated heterocycles. The molecule has 1 aliphatic rings. The monoisotopic (exact) mass is 224 g/mol. The average molecular weight is 224 g/mol. The Labute approximate surface area is 93.7 Å². The molecule has 0 saturated carbocycles. The molecule has 0 radical (unpaired) electrons. The van der Waals surface area contributed by atoms with Crippen LogP contribution in [-0.2, 0) is 11.3 Å². The van der Waals surface area contributed by atoms with Crippen molar-refractivity contribution in [3.63, 3.8) is 0 Å². The van der Waals surface area contributed by atoms with Crippen LogP contribution in [0.4, 0.5) is 0 Å². The van der Waals surface area contributed by atoms with E-state index in [2.05, 4.69) is 10.1 Å². The van der Waals surface area contributed by atoms with Crippen molar-refractivity contribution >= 4 is 5.84 Å². The zero-order valence-corrected chi connectivity index (χ0v) is 9.04. The molecule has 2 heterocycles. The number of nitrogens with zero attached hydrogens (tertiary/aromatic N) is 3. The topological polar surface area (TPSA) is 85.7 Å². The van der Waals surface area contributed by atoms with Crippen molar-refractivity contribution in [3.05, 3.63) is 18.2 Å². The van der Waals surface area contributed by atoms with Gasteiger partial charge in [0.05, 0.1) is 6.10 Å². The van der Waals surface area contributed by atoms with E-state index in [-0.39, 0.29) is 5.84 Å². The second-order valence-electron chi connectivity index (χ2n) is 3.85. The van der Waals surface area contributed by atoms with Gasteiger partial charge in [-0.15, -0.1) is 0 Å². The van der Waals surface area contributed by atoms with Gasteiger partial charge in [-0.05, 0) is 19.3 Å². The number of hydrogen-bond acceptors (Lipinski definition) is 4. The van der Waals surface area contributed by atoms with Gasteiger partial charge in [0, 0.05) is 25.5 Å². The van der Waals surface area contributed by atoms with E-state index in [1.165, 1.54) is 0 Å². The van der Waals surface area contributed by atoms with Gasteiger partial charge in [0.2, 0.25) is 5.84 Å². The van der Waals surface area contributed by atoms with Crippen LogP contribution in [0.5, 0.6) is 0 Å². The van der Waals surface area contributed by atoms with E-state index in [4.69, 9.17) is 15.7 Å². The molecule has 0 aliphatic carbocycles. The summed E-state index contributed by atoms with van der Waals surface area (Å²) in [5, 5.41) is 11.5. The highest BCUT2D eigenvalue weighted by Gasteiger charge is 2.16. The minimum Gasteiger partial charge on any atom is -0.409 e. The molecule has 1 fully saturated rings. The molecule has 6 nitrogen and oxygen atoms in total. The molecule has 16 heavy (non-hydrogen) atoms. The summed E-state index contributed by atoms with van der Waals surface area (Å²) in [6.07, 6.45) is 6.99. The number of amidine groups is 1. The van der Waals surface area contributed by atoms with Crippen LogP contribution in [0.25, 0.3) is 0 Å².